The highest BCUT2D eigenvalue weighted by Gasteiger charge is 2.16. The lowest BCUT2D eigenvalue weighted by molar-refractivity contribution is 0.329. The number of anilines is 2. The number of aryl methyl sites for hydroxylation is 1. The molecule has 9 nitrogen and oxygen atoms in total. The van der Waals surface area contributed by atoms with E-state index in [9.17, 15) is 0 Å². The number of benzene rings is 1. The van der Waals surface area contributed by atoms with Gasteiger partial charge < -0.3 is 21.3 Å². The van der Waals surface area contributed by atoms with Gasteiger partial charge in [-0.05, 0) is 76.3 Å². The van der Waals surface area contributed by atoms with E-state index in [2.05, 4.69) is 43.8 Å². The molecular formula is C30H47N9. The third-order valence-electron chi connectivity index (χ3n) is 8.22. The van der Waals surface area contributed by atoms with Gasteiger partial charge in [0.1, 0.15) is 5.82 Å². The first-order valence-corrected chi connectivity index (χ1v) is 15.4. The van der Waals surface area contributed by atoms with Gasteiger partial charge in [0.15, 0.2) is 0 Å². The minimum absolute atomic E-state index is 0.437. The van der Waals surface area contributed by atoms with Gasteiger partial charge in [-0.1, -0.05) is 62.3 Å². The van der Waals surface area contributed by atoms with Gasteiger partial charge in [-0.3, -0.25) is 4.68 Å². The van der Waals surface area contributed by atoms with E-state index in [1.807, 2.05) is 22.9 Å². The smallest absolute Gasteiger partial charge is 0.225 e. The molecule has 3 aromatic rings. The molecule has 3 heterocycles. The third-order valence-corrected chi connectivity index (χ3v) is 8.22. The summed E-state index contributed by atoms with van der Waals surface area (Å²) in [4.78, 5) is 9.56. The normalized spacial score (nSPS) is 17.0. The molecule has 5 rings (SSSR count). The van der Waals surface area contributed by atoms with Crippen molar-refractivity contribution in [1.82, 2.24) is 35.6 Å². The highest BCUT2D eigenvalue weighted by Crippen LogP contribution is 2.27. The highest BCUT2D eigenvalue weighted by atomic mass is 15.4. The average Bonchev–Trinajstić information content (AvgIpc) is 3.43. The molecular weight excluding hydrogens is 486 g/mol. The molecule has 9 heteroatoms. The zero-order chi connectivity index (χ0) is 26.5. The van der Waals surface area contributed by atoms with Gasteiger partial charge in [-0.25, -0.2) is 4.98 Å². The van der Waals surface area contributed by atoms with Crippen LogP contribution in [0.25, 0.3) is 10.9 Å². The molecule has 0 bridgehead atoms. The van der Waals surface area contributed by atoms with Crippen LogP contribution in [0, 0.1) is 5.92 Å². The summed E-state index contributed by atoms with van der Waals surface area (Å²) in [6, 6.07) is 8.65. The topological polar surface area (TPSA) is 105 Å². The van der Waals surface area contributed by atoms with Crippen molar-refractivity contribution in [3.63, 3.8) is 0 Å². The van der Waals surface area contributed by atoms with E-state index in [4.69, 9.17) is 9.97 Å². The Morgan fingerprint density at radius 3 is 2.64 bits per heavy atom. The van der Waals surface area contributed by atoms with Crippen LogP contribution in [0.1, 0.15) is 76.3 Å². The van der Waals surface area contributed by atoms with E-state index in [0.29, 0.717) is 18.5 Å². The second-order valence-corrected chi connectivity index (χ2v) is 11.3. The van der Waals surface area contributed by atoms with E-state index in [0.717, 1.165) is 86.7 Å². The monoisotopic (exact) mass is 533 g/mol. The number of para-hydroxylation sites is 1. The molecule has 1 saturated carbocycles. The summed E-state index contributed by atoms with van der Waals surface area (Å²) >= 11 is 0. The number of rotatable bonds is 15. The maximum absolute atomic E-state index is 4.83. The Hall–Kier alpha value is -2.78. The molecule has 1 aromatic carbocycles. The zero-order valence-electron chi connectivity index (χ0n) is 23.5. The van der Waals surface area contributed by atoms with Crippen LogP contribution in [0.4, 0.5) is 11.8 Å². The van der Waals surface area contributed by atoms with Gasteiger partial charge in [0.2, 0.25) is 5.95 Å². The quantitative estimate of drug-likeness (QED) is 0.207. The molecule has 2 fully saturated rings. The first-order valence-electron chi connectivity index (χ1n) is 15.4. The molecule has 4 N–H and O–H groups in total. The fourth-order valence-corrected chi connectivity index (χ4v) is 5.95. The SMILES string of the molecule is c1ccc2c(NC3CCNCC3)nc(NCCn3cc(CCCNCCCCC4CCCCC4)nn3)nc2c1. The van der Waals surface area contributed by atoms with E-state index < -0.39 is 0 Å². The molecule has 2 aromatic heterocycles. The van der Waals surface area contributed by atoms with Gasteiger partial charge in [0.05, 0.1) is 17.8 Å². The average molecular weight is 534 g/mol. The fraction of sp³-hybridized carbons (Fsp3) is 0.667. The number of unbranched alkanes of at least 4 members (excludes halogenated alkanes) is 1. The van der Waals surface area contributed by atoms with Gasteiger partial charge in [-0.15, -0.1) is 5.10 Å². The van der Waals surface area contributed by atoms with Crippen LogP contribution >= 0.6 is 0 Å². The standard InChI is InChI=1S/C30H47N9/c1-2-9-24(10-3-1)11-6-7-17-31-18-8-12-26-23-39(38-37-26)22-21-33-30-35-28-14-5-4-13-27(28)29(36-30)34-25-15-19-32-20-16-25/h4-5,13-14,23-25,31-32H,1-3,6-12,15-22H2,(H2,33,34,35,36). The summed E-state index contributed by atoms with van der Waals surface area (Å²) in [7, 11) is 0. The fourth-order valence-electron chi connectivity index (χ4n) is 5.95. The van der Waals surface area contributed by atoms with Crippen molar-refractivity contribution in [3.05, 3.63) is 36.2 Å². The van der Waals surface area contributed by atoms with Gasteiger partial charge in [0, 0.05) is 24.2 Å². The predicted molar refractivity (Wildman–Crippen MR) is 159 cm³/mol. The molecule has 2 aliphatic rings. The van der Waals surface area contributed by atoms with Gasteiger partial charge in [-0.2, -0.15) is 4.98 Å². The highest BCUT2D eigenvalue weighted by molar-refractivity contribution is 5.90. The van der Waals surface area contributed by atoms with Crippen LogP contribution in [0.15, 0.2) is 30.5 Å². The molecule has 1 aliphatic carbocycles. The first kappa shape index (κ1) is 27.8. The molecule has 39 heavy (non-hydrogen) atoms. The Morgan fingerprint density at radius 1 is 0.897 bits per heavy atom. The van der Waals surface area contributed by atoms with E-state index >= 15 is 0 Å². The Kier molecular flexibility index (Phi) is 10.8. The van der Waals surface area contributed by atoms with Crippen molar-refractivity contribution in [2.45, 2.75) is 89.6 Å². The van der Waals surface area contributed by atoms with Gasteiger partial charge in [0.25, 0.3) is 0 Å². The van der Waals surface area contributed by atoms with Crippen LogP contribution in [-0.2, 0) is 13.0 Å². The van der Waals surface area contributed by atoms with Gasteiger partial charge >= 0.3 is 0 Å². The Morgan fingerprint density at radius 2 is 1.74 bits per heavy atom. The molecule has 0 amide bonds. The number of nitrogens with one attached hydrogen (secondary N) is 4. The van der Waals surface area contributed by atoms with Crippen molar-refractivity contribution in [2.24, 2.45) is 5.92 Å². The maximum atomic E-state index is 4.83. The van der Waals surface area contributed by atoms with Crippen molar-refractivity contribution in [3.8, 4) is 0 Å². The molecule has 0 radical (unpaired) electrons. The lowest BCUT2D eigenvalue weighted by Gasteiger charge is -2.25. The van der Waals surface area contributed by atoms with E-state index in [1.165, 1.54) is 51.4 Å². The molecule has 212 valence electrons. The summed E-state index contributed by atoms with van der Waals surface area (Å²) in [5, 5.41) is 23.9. The van der Waals surface area contributed by atoms with Crippen LogP contribution in [0.5, 0.6) is 0 Å². The third kappa shape index (κ3) is 8.86. The van der Waals surface area contributed by atoms with Crippen LogP contribution < -0.4 is 21.3 Å². The number of hydrogen-bond acceptors (Lipinski definition) is 8. The van der Waals surface area contributed by atoms with Crippen molar-refractivity contribution in [1.29, 1.82) is 0 Å². The number of aromatic nitrogens is 5. The second kappa shape index (κ2) is 15.1. The number of nitrogens with zero attached hydrogens (tertiary/aromatic N) is 5. The summed E-state index contributed by atoms with van der Waals surface area (Å²) in [5.74, 6) is 2.57. The van der Waals surface area contributed by atoms with Crippen LogP contribution in [-0.4, -0.2) is 63.7 Å². The Bertz CT molecular complexity index is 1120. The molecule has 0 spiro atoms. The molecule has 1 aliphatic heterocycles. The second-order valence-electron chi connectivity index (χ2n) is 11.3. The summed E-state index contributed by atoms with van der Waals surface area (Å²) in [6.07, 6.45) is 17.8. The van der Waals surface area contributed by atoms with Crippen LogP contribution in [0.3, 0.4) is 0 Å². The number of fused-ring (bicyclic) bond motifs is 1. The predicted octanol–water partition coefficient (Wildman–Crippen LogP) is 4.77. The maximum Gasteiger partial charge on any atom is 0.225 e. The van der Waals surface area contributed by atoms with E-state index in [-0.39, 0.29) is 0 Å². The first-order chi connectivity index (χ1) is 19.3. The largest absolute Gasteiger partial charge is 0.367 e. The number of hydrogen-bond donors (Lipinski definition) is 4. The summed E-state index contributed by atoms with van der Waals surface area (Å²) in [6.45, 7) is 5.68. The molecule has 0 unspecified atom stereocenters. The van der Waals surface area contributed by atoms with Crippen molar-refractivity contribution < 1.29 is 0 Å². The molecule has 1 saturated heterocycles. The minimum Gasteiger partial charge on any atom is -0.367 e. The summed E-state index contributed by atoms with van der Waals surface area (Å²) < 4.78 is 1.91. The lowest BCUT2D eigenvalue weighted by atomic mass is 9.86. The zero-order valence-corrected chi connectivity index (χ0v) is 23.5. The van der Waals surface area contributed by atoms with E-state index in [1.54, 1.807) is 0 Å². The number of piperidine rings is 1. The Balaban J connectivity index is 0.997. The minimum atomic E-state index is 0.437. The lowest BCUT2D eigenvalue weighted by Crippen LogP contribution is -2.35. The van der Waals surface area contributed by atoms with Crippen LogP contribution in [0.2, 0.25) is 0 Å². The molecule has 0 atom stereocenters. The Labute approximate surface area is 233 Å². The van der Waals surface area contributed by atoms with Crippen molar-refractivity contribution >= 4 is 22.7 Å². The van der Waals surface area contributed by atoms with Crippen molar-refractivity contribution in [2.75, 3.05) is 43.4 Å². The summed E-state index contributed by atoms with van der Waals surface area (Å²) in [5.41, 5.74) is 2.01.